The van der Waals surface area contributed by atoms with Crippen molar-refractivity contribution in [1.29, 1.82) is 0 Å². The number of carbonyl (C=O) groups excluding carboxylic acids is 1. The molecule has 1 amide bonds. The Balaban J connectivity index is 2.25. The normalized spacial score (nSPS) is 14.3. The molecule has 0 bridgehead atoms. The Hall–Kier alpha value is -2.38. The van der Waals surface area contributed by atoms with E-state index in [0.717, 1.165) is 18.4 Å². The summed E-state index contributed by atoms with van der Waals surface area (Å²) < 4.78 is 53.9. The van der Waals surface area contributed by atoms with Crippen molar-refractivity contribution in [2.75, 3.05) is 25.1 Å². The van der Waals surface area contributed by atoms with Crippen LogP contribution in [0.4, 0.5) is 18.9 Å². The van der Waals surface area contributed by atoms with Crippen molar-refractivity contribution < 1.29 is 32.2 Å². The smallest absolute Gasteiger partial charge is 0.416 e. The minimum absolute atomic E-state index is 0.0756. The molecule has 0 aromatic heterocycles. The maximum atomic E-state index is 12.8. The second-order valence-corrected chi connectivity index (χ2v) is 4.71. The van der Waals surface area contributed by atoms with Crippen molar-refractivity contribution in [3.63, 3.8) is 0 Å². The third kappa shape index (κ3) is 4.54. The van der Waals surface area contributed by atoms with E-state index >= 15 is 0 Å². The molecule has 126 valence electrons. The molecule has 1 aromatic rings. The van der Waals surface area contributed by atoms with E-state index < -0.39 is 17.6 Å². The highest BCUT2D eigenvalue weighted by atomic mass is 19.4. The minimum Gasteiger partial charge on any atom is -0.494 e. The van der Waals surface area contributed by atoms with Crippen LogP contribution in [0.15, 0.2) is 30.2 Å². The first-order valence-electron chi connectivity index (χ1n) is 7.01. The lowest BCUT2D eigenvalue weighted by Gasteiger charge is -2.17. The molecule has 0 aliphatic carbocycles. The van der Waals surface area contributed by atoms with Gasteiger partial charge in [-0.2, -0.15) is 13.2 Å². The monoisotopic (exact) mass is 331 g/mol. The van der Waals surface area contributed by atoms with Crippen LogP contribution in [-0.2, 0) is 20.4 Å². The first kappa shape index (κ1) is 17.0. The molecule has 1 aliphatic rings. The van der Waals surface area contributed by atoms with E-state index in [4.69, 9.17) is 14.2 Å². The molecular formula is C15H16F3NO4. The Kier molecular flexibility index (Phi) is 5.36. The summed E-state index contributed by atoms with van der Waals surface area (Å²) >= 11 is 0. The maximum absolute atomic E-state index is 12.8. The summed E-state index contributed by atoms with van der Waals surface area (Å²) in [6, 6.07) is 2.91. The molecule has 0 spiro atoms. The second-order valence-electron chi connectivity index (χ2n) is 4.71. The fourth-order valence-corrected chi connectivity index (χ4v) is 1.81. The summed E-state index contributed by atoms with van der Waals surface area (Å²) in [6.45, 7) is 2.68. The van der Waals surface area contributed by atoms with Crippen molar-refractivity contribution in [2.24, 2.45) is 0 Å². The second kappa shape index (κ2) is 7.26. The van der Waals surface area contributed by atoms with Crippen LogP contribution in [0.3, 0.4) is 0 Å². The highest BCUT2D eigenvalue weighted by Crippen LogP contribution is 2.35. The van der Waals surface area contributed by atoms with E-state index in [1.54, 1.807) is 0 Å². The molecule has 1 heterocycles. The molecule has 5 nitrogen and oxygen atoms in total. The van der Waals surface area contributed by atoms with Gasteiger partial charge in [-0.3, -0.25) is 4.79 Å². The number of halogens is 3. The Morgan fingerprint density at radius 3 is 2.74 bits per heavy atom. The van der Waals surface area contributed by atoms with Gasteiger partial charge < -0.3 is 19.5 Å². The zero-order valence-electron chi connectivity index (χ0n) is 12.4. The molecule has 0 unspecified atom stereocenters. The van der Waals surface area contributed by atoms with Gasteiger partial charge in [-0.1, -0.05) is 6.92 Å². The third-order valence-electron chi connectivity index (χ3n) is 2.89. The van der Waals surface area contributed by atoms with E-state index in [0.29, 0.717) is 19.6 Å². The number of amides is 1. The molecular weight excluding hydrogens is 315 g/mol. The first-order valence-corrected chi connectivity index (χ1v) is 7.01. The lowest BCUT2D eigenvalue weighted by Crippen LogP contribution is -2.21. The fourth-order valence-electron chi connectivity index (χ4n) is 1.81. The van der Waals surface area contributed by atoms with Crippen molar-refractivity contribution in [3.05, 3.63) is 35.8 Å². The number of rotatable bonds is 5. The number of nitrogens with one attached hydrogen (secondary N) is 1. The van der Waals surface area contributed by atoms with E-state index in [2.05, 4.69) is 5.32 Å². The highest BCUT2D eigenvalue weighted by molar-refractivity contribution is 6.03. The van der Waals surface area contributed by atoms with Gasteiger partial charge in [-0.05, 0) is 24.6 Å². The average molecular weight is 331 g/mol. The van der Waals surface area contributed by atoms with Gasteiger partial charge in [0.1, 0.15) is 25.2 Å². The summed E-state index contributed by atoms with van der Waals surface area (Å²) in [4.78, 5) is 12.0. The molecule has 8 heteroatoms. The third-order valence-corrected chi connectivity index (χ3v) is 2.89. The van der Waals surface area contributed by atoms with Crippen molar-refractivity contribution in [3.8, 4) is 5.75 Å². The number of ether oxygens (including phenoxy) is 3. The zero-order chi connectivity index (χ0) is 16.9. The Bertz CT molecular complexity index is 599. The maximum Gasteiger partial charge on any atom is 0.416 e. The SMILES string of the molecule is CCCOc1ccc(C(F)(F)F)cc1NC(=O)C1=COCCO1. The van der Waals surface area contributed by atoms with E-state index in [1.165, 1.54) is 6.07 Å². The fraction of sp³-hybridized carbons (Fsp3) is 0.400. The predicted molar refractivity (Wildman–Crippen MR) is 75.8 cm³/mol. The van der Waals surface area contributed by atoms with Gasteiger partial charge in [0.25, 0.3) is 5.91 Å². The van der Waals surface area contributed by atoms with Crippen LogP contribution < -0.4 is 10.1 Å². The quantitative estimate of drug-likeness (QED) is 0.899. The average Bonchev–Trinajstić information content (AvgIpc) is 2.53. The summed E-state index contributed by atoms with van der Waals surface area (Å²) in [6.07, 6.45) is -2.72. The standard InChI is InChI=1S/C15H16F3NO4/c1-2-5-22-12-4-3-10(15(16,17)18)8-11(12)19-14(20)13-9-21-6-7-23-13/h3-4,8-9H,2,5-7H2,1H3,(H,19,20). The van der Waals surface area contributed by atoms with Crippen LogP contribution in [0.5, 0.6) is 5.75 Å². The van der Waals surface area contributed by atoms with Gasteiger partial charge in [-0.15, -0.1) is 0 Å². The number of hydrogen-bond donors (Lipinski definition) is 1. The molecule has 2 rings (SSSR count). The Morgan fingerprint density at radius 2 is 2.13 bits per heavy atom. The summed E-state index contributed by atoms with van der Waals surface area (Å²) in [7, 11) is 0. The number of alkyl halides is 3. The zero-order valence-corrected chi connectivity index (χ0v) is 12.4. The number of hydrogen-bond acceptors (Lipinski definition) is 4. The molecule has 1 aliphatic heterocycles. The van der Waals surface area contributed by atoms with Crippen molar-refractivity contribution in [2.45, 2.75) is 19.5 Å². The summed E-state index contributed by atoms with van der Waals surface area (Å²) in [5, 5.41) is 2.36. The number of benzene rings is 1. The molecule has 0 fully saturated rings. The molecule has 0 saturated carbocycles. The molecule has 0 atom stereocenters. The lowest BCUT2D eigenvalue weighted by atomic mass is 10.1. The predicted octanol–water partition coefficient (Wildman–Crippen LogP) is 3.32. The topological polar surface area (TPSA) is 56.8 Å². The molecule has 1 aromatic carbocycles. The first-order chi connectivity index (χ1) is 10.9. The number of carbonyl (C=O) groups is 1. The van der Waals surface area contributed by atoms with Crippen LogP contribution in [0, 0.1) is 0 Å². The van der Waals surface area contributed by atoms with Crippen LogP contribution in [0.2, 0.25) is 0 Å². The van der Waals surface area contributed by atoms with E-state index in [9.17, 15) is 18.0 Å². The molecule has 23 heavy (non-hydrogen) atoms. The van der Waals surface area contributed by atoms with Gasteiger partial charge in [0, 0.05) is 0 Å². The van der Waals surface area contributed by atoms with Crippen LogP contribution in [0.1, 0.15) is 18.9 Å². The lowest BCUT2D eigenvalue weighted by molar-refractivity contribution is -0.137. The number of anilines is 1. The Labute approximate surface area is 131 Å². The largest absolute Gasteiger partial charge is 0.494 e. The van der Waals surface area contributed by atoms with Crippen LogP contribution in [-0.4, -0.2) is 25.7 Å². The molecule has 1 N–H and O–H groups in total. The van der Waals surface area contributed by atoms with Gasteiger partial charge >= 0.3 is 6.18 Å². The van der Waals surface area contributed by atoms with Crippen molar-refractivity contribution in [1.82, 2.24) is 0 Å². The van der Waals surface area contributed by atoms with Crippen LogP contribution in [0.25, 0.3) is 0 Å². The highest BCUT2D eigenvalue weighted by Gasteiger charge is 2.31. The minimum atomic E-state index is -4.52. The Morgan fingerprint density at radius 1 is 1.35 bits per heavy atom. The summed E-state index contributed by atoms with van der Waals surface area (Å²) in [5.74, 6) is -0.647. The van der Waals surface area contributed by atoms with Gasteiger partial charge in [0.15, 0.2) is 0 Å². The van der Waals surface area contributed by atoms with Gasteiger partial charge in [-0.25, -0.2) is 0 Å². The van der Waals surface area contributed by atoms with E-state index in [1.807, 2.05) is 6.92 Å². The van der Waals surface area contributed by atoms with Gasteiger partial charge in [0.05, 0.1) is 17.9 Å². The molecule has 0 radical (unpaired) electrons. The summed E-state index contributed by atoms with van der Waals surface area (Å²) in [5.41, 5.74) is -0.959. The van der Waals surface area contributed by atoms with E-state index in [-0.39, 0.29) is 23.8 Å². The van der Waals surface area contributed by atoms with Crippen LogP contribution >= 0.6 is 0 Å². The molecule has 0 saturated heterocycles. The van der Waals surface area contributed by atoms with Gasteiger partial charge in [0.2, 0.25) is 5.76 Å². The van der Waals surface area contributed by atoms with Crippen molar-refractivity contribution >= 4 is 11.6 Å².